The van der Waals surface area contributed by atoms with Crippen molar-refractivity contribution < 1.29 is 13.2 Å². The molecule has 0 fully saturated rings. The van der Waals surface area contributed by atoms with E-state index in [1.54, 1.807) is 65.6 Å². The Morgan fingerprint density at radius 1 is 0.903 bits per heavy atom. The van der Waals surface area contributed by atoms with Crippen LogP contribution in [-0.2, 0) is 16.6 Å². The lowest BCUT2D eigenvalue weighted by Crippen LogP contribution is -2.56. The van der Waals surface area contributed by atoms with E-state index in [1.165, 1.54) is 4.31 Å². The van der Waals surface area contributed by atoms with Crippen LogP contribution in [0.1, 0.15) is 28.4 Å². The van der Waals surface area contributed by atoms with Crippen LogP contribution in [0.15, 0.2) is 95.9 Å². The molecule has 6 heteroatoms. The van der Waals surface area contributed by atoms with E-state index in [0.29, 0.717) is 17.8 Å². The number of anilines is 1. The van der Waals surface area contributed by atoms with Gasteiger partial charge in [0, 0.05) is 6.54 Å². The molecule has 1 aliphatic rings. The Labute approximate surface area is 183 Å². The summed E-state index contributed by atoms with van der Waals surface area (Å²) in [6.07, 6.45) is 2.75. The molecular formula is C25H24N2O3S. The van der Waals surface area contributed by atoms with Crippen molar-refractivity contribution in [2.75, 3.05) is 4.31 Å². The summed E-state index contributed by atoms with van der Waals surface area (Å²) in [6.45, 7) is 4.03. The molecule has 1 atom stereocenters. The highest BCUT2D eigenvalue weighted by Gasteiger charge is 2.42. The maximum absolute atomic E-state index is 13.8. The molecule has 158 valence electrons. The number of aryl methyl sites for hydroxylation is 1. The molecule has 31 heavy (non-hydrogen) atoms. The first kappa shape index (κ1) is 20.9. The third kappa shape index (κ3) is 3.86. The second-order valence-electron chi connectivity index (χ2n) is 7.49. The first-order valence-corrected chi connectivity index (χ1v) is 11.6. The largest absolute Gasteiger partial charge is 0.309 e. The summed E-state index contributed by atoms with van der Waals surface area (Å²) in [5, 5.41) is 0. The van der Waals surface area contributed by atoms with Gasteiger partial charge in [0.1, 0.15) is 6.17 Å². The maximum atomic E-state index is 13.8. The molecule has 0 radical (unpaired) electrons. The summed E-state index contributed by atoms with van der Waals surface area (Å²) < 4.78 is 29.0. The first-order valence-electron chi connectivity index (χ1n) is 10.1. The van der Waals surface area contributed by atoms with Crippen LogP contribution < -0.4 is 4.31 Å². The SMILES string of the molecule is C/C=C/[C@H]1N(Cc2ccccc2)C(=O)c2ccccc2N1S(=O)(=O)c1ccc(C)cc1. The van der Waals surface area contributed by atoms with Crippen molar-refractivity contribution in [3.63, 3.8) is 0 Å². The lowest BCUT2D eigenvalue weighted by atomic mass is 10.1. The fourth-order valence-electron chi connectivity index (χ4n) is 3.79. The molecule has 0 unspecified atom stereocenters. The summed E-state index contributed by atoms with van der Waals surface area (Å²) in [4.78, 5) is 15.2. The van der Waals surface area contributed by atoms with Gasteiger partial charge in [0.05, 0.1) is 16.1 Å². The molecule has 3 aromatic carbocycles. The van der Waals surface area contributed by atoms with Crippen LogP contribution in [0.5, 0.6) is 0 Å². The van der Waals surface area contributed by atoms with Gasteiger partial charge >= 0.3 is 0 Å². The van der Waals surface area contributed by atoms with Gasteiger partial charge in [-0.25, -0.2) is 12.7 Å². The molecule has 0 saturated heterocycles. The summed E-state index contributed by atoms with van der Waals surface area (Å²) in [5.41, 5.74) is 2.66. The third-order valence-corrected chi connectivity index (χ3v) is 7.13. The number of nitrogens with zero attached hydrogens (tertiary/aromatic N) is 2. The Morgan fingerprint density at radius 2 is 1.55 bits per heavy atom. The number of carbonyl (C=O) groups is 1. The summed E-state index contributed by atoms with van der Waals surface area (Å²) in [6, 6.07) is 23.2. The molecular weight excluding hydrogens is 408 g/mol. The average molecular weight is 433 g/mol. The van der Waals surface area contributed by atoms with Crippen molar-refractivity contribution >= 4 is 21.6 Å². The highest BCUT2D eigenvalue weighted by atomic mass is 32.2. The lowest BCUT2D eigenvalue weighted by molar-refractivity contribution is 0.0689. The second-order valence-corrected chi connectivity index (χ2v) is 9.30. The number of benzene rings is 3. The van der Waals surface area contributed by atoms with Crippen LogP contribution in [0.3, 0.4) is 0 Å². The van der Waals surface area contributed by atoms with Crippen LogP contribution in [0.25, 0.3) is 0 Å². The van der Waals surface area contributed by atoms with Crippen LogP contribution in [0, 0.1) is 6.92 Å². The number of allylic oxidation sites excluding steroid dienone is 1. The highest BCUT2D eigenvalue weighted by molar-refractivity contribution is 7.92. The minimum atomic E-state index is -3.92. The Kier molecular flexibility index (Phi) is 5.65. The normalized spacial score (nSPS) is 16.6. The van der Waals surface area contributed by atoms with E-state index in [-0.39, 0.29) is 10.8 Å². The van der Waals surface area contributed by atoms with Crippen LogP contribution >= 0.6 is 0 Å². The Bertz CT molecular complexity index is 1220. The fourth-order valence-corrected chi connectivity index (χ4v) is 5.38. The number of carbonyl (C=O) groups excluding carboxylic acids is 1. The summed E-state index contributed by atoms with van der Waals surface area (Å²) in [5.74, 6) is -0.196. The monoisotopic (exact) mass is 432 g/mol. The van der Waals surface area contributed by atoms with E-state index < -0.39 is 16.2 Å². The standard InChI is InChI=1S/C25H24N2O3S/c1-3-9-24-26(18-20-10-5-4-6-11-20)25(28)22-12-7-8-13-23(22)27(24)31(29,30)21-16-14-19(2)15-17-21/h3-17,24H,18H2,1-2H3/b9-3+/t24-/m0/s1. The molecule has 0 saturated carbocycles. The summed E-state index contributed by atoms with van der Waals surface area (Å²) >= 11 is 0. The van der Waals surface area contributed by atoms with Crippen LogP contribution in [0.2, 0.25) is 0 Å². The van der Waals surface area contributed by atoms with E-state index >= 15 is 0 Å². The average Bonchev–Trinajstić information content (AvgIpc) is 2.77. The second kappa shape index (κ2) is 8.40. The summed E-state index contributed by atoms with van der Waals surface area (Å²) in [7, 11) is -3.92. The number of rotatable bonds is 5. The molecule has 4 rings (SSSR count). The van der Waals surface area contributed by atoms with E-state index in [1.807, 2.05) is 44.2 Å². The molecule has 0 aromatic heterocycles. The fraction of sp³-hybridized carbons (Fsp3) is 0.160. The zero-order valence-electron chi connectivity index (χ0n) is 17.5. The zero-order chi connectivity index (χ0) is 22.0. The van der Waals surface area contributed by atoms with Crippen molar-refractivity contribution in [2.24, 2.45) is 0 Å². The number of hydrogen-bond acceptors (Lipinski definition) is 3. The van der Waals surface area contributed by atoms with Crippen LogP contribution in [-0.4, -0.2) is 25.4 Å². The molecule has 0 spiro atoms. The van der Waals surface area contributed by atoms with E-state index in [2.05, 4.69) is 0 Å². The number of hydrogen-bond donors (Lipinski definition) is 0. The van der Waals surface area contributed by atoms with Crippen molar-refractivity contribution in [1.82, 2.24) is 4.90 Å². The van der Waals surface area contributed by atoms with Gasteiger partial charge in [-0.15, -0.1) is 0 Å². The molecule has 3 aromatic rings. The number of sulfonamides is 1. The maximum Gasteiger partial charge on any atom is 0.266 e. The van der Waals surface area contributed by atoms with Gasteiger partial charge in [0.2, 0.25) is 0 Å². The Hall–Kier alpha value is -3.38. The van der Waals surface area contributed by atoms with Crippen LogP contribution in [0.4, 0.5) is 5.69 Å². The first-order chi connectivity index (χ1) is 14.9. The van der Waals surface area contributed by atoms with Gasteiger partial charge in [-0.3, -0.25) is 4.79 Å². The van der Waals surface area contributed by atoms with Crippen molar-refractivity contribution in [3.8, 4) is 0 Å². The quantitative estimate of drug-likeness (QED) is 0.547. The molecule has 1 amide bonds. The molecule has 0 bridgehead atoms. The van der Waals surface area contributed by atoms with Gasteiger partial charge < -0.3 is 4.90 Å². The van der Waals surface area contributed by atoms with E-state index in [4.69, 9.17) is 0 Å². The van der Waals surface area contributed by atoms with Gasteiger partial charge in [0.15, 0.2) is 0 Å². The minimum absolute atomic E-state index is 0.191. The van der Waals surface area contributed by atoms with Gasteiger partial charge in [0.25, 0.3) is 15.9 Å². The van der Waals surface area contributed by atoms with E-state index in [9.17, 15) is 13.2 Å². The van der Waals surface area contributed by atoms with E-state index in [0.717, 1.165) is 11.1 Å². The van der Waals surface area contributed by atoms with Crippen molar-refractivity contribution in [1.29, 1.82) is 0 Å². The van der Waals surface area contributed by atoms with Gasteiger partial charge in [-0.05, 0) is 49.8 Å². The minimum Gasteiger partial charge on any atom is -0.309 e. The predicted molar refractivity (Wildman–Crippen MR) is 122 cm³/mol. The molecule has 1 aliphatic heterocycles. The molecule has 1 heterocycles. The van der Waals surface area contributed by atoms with Crippen molar-refractivity contribution in [2.45, 2.75) is 31.5 Å². The molecule has 5 nitrogen and oxygen atoms in total. The van der Waals surface area contributed by atoms with Gasteiger partial charge in [-0.1, -0.05) is 66.2 Å². The molecule has 0 aliphatic carbocycles. The zero-order valence-corrected chi connectivity index (χ0v) is 18.3. The Balaban J connectivity index is 1.89. The molecule has 0 N–H and O–H groups in total. The highest BCUT2D eigenvalue weighted by Crippen LogP contribution is 2.37. The van der Waals surface area contributed by atoms with Crippen molar-refractivity contribution in [3.05, 3.63) is 108 Å². The number of para-hydroxylation sites is 1. The number of fused-ring (bicyclic) bond motifs is 1. The van der Waals surface area contributed by atoms with Gasteiger partial charge in [-0.2, -0.15) is 0 Å². The smallest absolute Gasteiger partial charge is 0.266 e. The third-order valence-electron chi connectivity index (χ3n) is 5.33. The predicted octanol–water partition coefficient (Wildman–Crippen LogP) is 4.75. The lowest BCUT2D eigenvalue weighted by Gasteiger charge is -2.43. The number of amides is 1. The Morgan fingerprint density at radius 3 is 2.23 bits per heavy atom. The topological polar surface area (TPSA) is 57.7 Å².